The van der Waals surface area contributed by atoms with Gasteiger partial charge in [-0.25, -0.2) is 8.78 Å². The van der Waals surface area contributed by atoms with Crippen LogP contribution in [0.1, 0.15) is 30.1 Å². The van der Waals surface area contributed by atoms with E-state index in [0.717, 1.165) is 5.56 Å². The first-order chi connectivity index (χ1) is 11.5. The van der Waals surface area contributed by atoms with Crippen molar-refractivity contribution in [3.05, 3.63) is 71.8 Å². The second kappa shape index (κ2) is 8.96. The third-order valence-electron chi connectivity index (χ3n) is 3.45. The summed E-state index contributed by atoms with van der Waals surface area (Å²) in [6.07, 6.45) is 2.23. The van der Waals surface area contributed by atoms with Gasteiger partial charge < -0.3 is 5.32 Å². The van der Waals surface area contributed by atoms with Crippen molar-refractivity contribution in [1.29, 1.82) is 0 Å². The first-order valence-electron chi connectivity index (χ1n) is 7.74. The van der Waals surface area contributed by atoms with Gasteiger partial charge in [-0.2, -0.15) is 5.10 Å². The van der Waals surface area contributed by atoms with Crippen molar-refractivity contribution in [2.24, 2.45) is 0 Å². The summed E-state index contributed by atoms with van der Waals surface area (Å²) in [6.45, 7) is 2.33. The summed E-state index contributed by atoms with van der Waals surface area (Å²) >= 11 is 0. The SMILES string of the molecule is Cc1ccc(NCCCC(F)c2cccc(F)c2)ccn(F)nc1. The van der Waals surface area contributed by atoms with Crippen molar-refractivity contribution < 1.29 is 13.3 Å². The maximum absolute atomic E-state index is 14.1. The van der Waals surface area contributed by atoms with Crippen LogP contribution in [0.4, 0.5) is 18.9 Å². The molecule has 0 saturated carbocycles. The number of anilines is 1. The molecule has 1 heterocycles. The molecule has 0 aliphatic rings. The number of halogens is 3. The van der Waals surface area contributed by atoms with E-state index in [0.29, 0.717) is 24.2 Å². The molecule has 0 radical (unpaired) electrons. The fourth-order valence-electron chi connectivity index (χ4n) is 2.15. The Kier molecular flexibility index (Phi) is 6.66. The lowest BCUT2D eigenvalue weighted by atomic mass is 10.1. The monoisotopic (exact) mass is 335 g/mol. The number of hydrogen-bond donors (Lipinski definition) is 1. The molecule has 6 heteroatoms. The predicted octanol–water partition coefficient (Wildman–Crippen LogP) is 5.09. The molecule has 1 N–H and O–H groups in total. The molecular formula is C18H20F3N3. The van der Waals surface area contributed by atoms with Crippen LogP contribution in [0, 0.1) is 12.7 Å². The maximum Gasteiger partial charge on any atom is 0.125 e. The van der Waals surface area contributed by atoms with Crippen LogP contribution in [-0.2, 0) is 0 Å². The molecule has 2 aromatic rings. The zero-order valence-corrected chi connectivity index (χ0v) is 13.4. The minimum absolute atomic E-state index is 0.222. The highest BCUT2D eigenvalue weighted by atomic mass is 19.2. The molecule has 0 aliphatic heterocycles. The van der Waals surface area contributed by atoms with E-state index in [9.17, 15) is 13.3 Å². The van der Waals surface area contributed by atoms with E-state index in [1.807, 2.05) is 6.92 Å². The van der Waals surface area contributed by atoms with Gasteiger partial charge in [0.15, 0.2) is 0 Å². The van der Waals surface area contributed by atoms with Gasteiger partial charge in [0.2, 0.25) is 0 Å². The number of benzene rings is 1. The van der Waals surface area contributed by atoms with Crippen LogP contribution in [0.2, 0.25) is 0 Å². The Morgan fingerprint density at radius 2 is 2.04 bits per heavy atom. The zero-order chi connectivity index (χ0) is 17.4. The van der Waals surface area contributed by atoms with Crippen molar-refractivity contribution in [3.63, 3.8) is 0 Å². The average molecular weight is 335 g/mol. The van der Waals surface area contributed by atoms with Crippen LogP contribution in [-0.4, -0.2) is 16.5 Å². The summed E-state index contributed by atoms with van der Waals surface area (Å²) in [7, 11) is 0. The van der Waals surface area contributed by atoms with Gasteiger partial charge in [-0.05, 0) is 55.2 Å². The quantitative estimate of drug-likeness (QED) is 0.745. The van der Waals surface area contributed by atoms with Gasteiger partial charge in [0.25, 0.3) is 0 Å². The molecular weight excluding hydrogens is 315 g/mol. The number of nitrogens with one attached hydrogen (secondary N) is 1. The minimum Gasteiger partial charge on any atom is -0.385 e. The van der Waals surface area contributed by atoms with E-state index < -0.39 is 12.0 Å². The number of nitrogens with zero attached hydrogens (tertiary/aromatic N) is 2. The van der Waals surface area contributed by atoms with Crippen molar-refractivity contribution in [1.82, 2.24) is 10.0 Å². The molecule has 128 valence electrons. The van der Waals surface area contributed by atoms with Gasteiger partial charge in [0, 0.05) is 12.2 Å². The van der Waals surface area contributed by atoms with Gasteiger partial charge in [-0.15, -0.1) is 4.90 Å². The van der Waals surface area contributed by atoms with Crippen LogP contribution in [0.15, 0.2) is 54.9 Å². The fraction of sp³-hybridized carbons (Fsp3) is 0.278. The highest BCUT2D eigenvalue weighted by molar-refractivity contribution is 5.40. The second-order valence-electron chi connectivity index (χ2n) is 5.47. The van der Waals surface area contributed by atoms with Crippen molar-refractivity contribution >= 4 is 5.69 Å². The molecule has 0 saturated heterocycles. The van der Waals surface area contributed by atoms with Gasteiger partial charge in [0.1, 0.15) is 12.0 Å². The number of alkyl halides is 1. The van der Waals surface area contributed by atoms with E-state index in [2.05, 4.69) is 10.4 Å². The first-order valence-corrected chi connectivity index (χ1v) is 7.74. The average Bonchev–Trinajstić information content (AvgIpc) is 2.64. The molecule has 24 heavy (non-hydrogen) atoms. The Morgan fingerprint density at radius 3 is 2.83 bits per heavy atom. The molecule has 0 bridgehead atoms. The van der Waals surface area contributed by atoms with E-state index in [1.165, 1.54) is 30.6 Å². The van der Waals surface area contributed by atoms with Crippen molar-refractivity contribution in [3.8, 4) is 0 Å². The van der Waals surface area contributed by atoms with Crippen LogP contribution >= 0.6 is 0 Å². The number of rotatable bonds is 6. The summed E-state index contributed by atoms with van der Waals surface area (Å²) in [4.78, 5) is 0.222. The number of aromatic nitrogens is 2. The van der Waals surface area contributed by atoms with Crippen LogP contribution in [0.25, 0.3) is 0 Å². The molecule has 1 aromatic carbocycles. The molecule has 0 aliphatic carbocycles. The van der Waals surface area contributed by atoms with Crippen molar-refractivity contribution in [2.45, 2.75) is 25.9 Å². The highest BCUT2D eigenvalue weighted by Gasteiger charge is 2.09. The number of aryl methyl sites for hydroxylation is 1. The third kappa shape index (κ3) is 5.95. The summed E-state index contributed by atoms with van der Waals surface area (Å²) in [5.74, 6) is -0.436. The summed E-state index contributed by atoms with van der Waals surface area (Å²) < 4.78 is 40.4. The molecule has 0 fully saturated rings. The van der Waals surface area contributed by atoms with Gasteiger partial charge >= 0.3 is 0 Å². The largest absolute Gasteiger partial charge is 0.385 e. The molecule has 2 rings (SSSR count). The third-order valence-corrected chi connectivity index (χ3v) is 3.45. The Morgan fingerprint density at radius 1 is 1.21 bits per heavy atom. The summed E-state index contributed by atoms with van der Waals surface area (Å²) in [6, 6.07) is 10.7. The predicted molar refractivity (Wildman–Crippen MR) is 89.1 cm³/mol. The van der Waals surface area contributed by atoms with Gasteiger partial charge in [0.05, 0.1) is 12.4 Å². The smallest absolute Gasteiger partial charge is 0.125 e. The lowest BCUT2D eigenvalue weighted by Gasteiger charge is -2.09. The molecule has 0 spiro atoms. The van der Waals surface area contributed by atoms with E-state index in [1.54, 1.807) is 24.3 Å². The lowest BCUT2D eigenvalue weighted by Crippen LogP contribution is -2.03. The second-order valence-corrected chi connectivity index (χ2v) is 5.47. The van der Waals surface area contributed by atoms with E-state index in [-0.39, 0.29) is 11.3 Å². The Bertz CT molecular complexity index is 684. The van der Waals surface area contributed by atoms with Gasteiger partial charge in [-0.1, -0.05) is 22.7 Å². The maximum atomic E-state index is 14.1. The topological polar surface area (TPSA) is 29.9 Å². The fourth-order valence-corrected chi connectivity index (χ4v) is 2.15. The van der Waals surface area contributed by atoms with E-state index in [4.69, 9.17) is 0 Å². The molecule has 3 nitrogen and oxygen atoms in total. The summed E-state index contributed by atoms with van der Waals surface area (Å²) in [5, 5.41) is 6.68. The number of hydrogen-bond acceptors (Lipinski definition) is 2. The molecule has 1 aromatic heterocycles. The van der Waals surface area contributed by atoms with Crippen LogP contribution in [0.3, 0.4) is 0 Å². The lowest BCUT2D eigenvalue weighted by molar-refractivity contribution is 0.310. The van der Waals surface area contributed by atoms with Gasteiger partial charge in [-0.3, -0.25) is 0 Å². The zero-order valence-electron chi connectivity index (χ0n) is 13.4. The summed E-state index contributed by atoms with van der Waals surface area (Å²) in [5.41, 5.74) is 1.85. The Labute approximate surface area is 139 Å². The molecule has 0 amide bonds. The van der Waals surface area contributed by atoms with Crippen LogP contribution < -0.4 is 5.32 Å². The van der Waals surface area contributed by atoms with Crippen LogP contribution in [0.5, 0.6) is 0 Å². The normalized spacial score (nSPS) is 11.7. The highest BCUT2D eigenvalue weighted by Crippen LogP contribution is 2.23. The standard InChI is InChI=1S/C18H20F3N3/c1-14-7-8-17(9-11-24(21)23-13-14)22-10-3-6-18(20)15-4-2-5-16(19)12-15/h2,4-5,7-9,11-13,18,22H,3,6,10H2,1H3. The Balaban J connectivity index is 1.89. The Hall–Kier alpha value is -2.50. The minimum atomic E-state index is -1.20. The molecule has 1 atom stereocenters. The molecule has 1 unspecified atom stereocenters. The first kappa shape index (κ1) is 17.8. The van der Waals surface area contributed by atoms with Crippen molar-refractivity contribution in [2.75, 3.05) is 11.9 Å². The van der Waals surface area contributed by atoms with E-state index >= 15 is 0 Å².